The minimum atomic E-state index is -0.502. The van der Waals surface area contributed by atoms with Gasteiger partial charge in [-0.25, -0.2) is 0 Å². The van der Waals surface area contributed by atoms with E-state index < -0.39 is 6.04 Å². The number of nitrogens with one attached hydrogen (secondary N) is 1. The van der Waals surface area contributed by atoms with Crippen LogP contribution in [0.5, 0.6) is 0 Å². The van der Waals surface area contributed by atoms with Gasteiger partial charge in [0.1, 0.15) is 0 Å². The zero-order chi connectivity index (χ0) is 9.56. The average Bonchev–Trinajstić information content (AvgIpc) is 2.03. The molecule has 1 amide bonds. The Labute approximate surface area is 72.7 Å². The summed E-state index contributed by atoms with van der Waals surface area (Å²) in [4.78, 5) is 11.0. The minimum Gasteiger partial charge on any atom is -0.351 e. The van der Waals surface area contributed by atoms with Gasteiger partial charge in [0, 0.05) is 6.04 Å². The molecule has 0 aromatic rings. The first-order chi connectivity index (χ1) is 5.61. The maximum absolute atomic E-state index is 11.0. The summed E-state index contributed by atoms with van der Waals surface area (Å²) in [5.74, 6) is -0.197. The SMILES string of the molecule is CCC(CC#N)NC(=O)[C@H](C)N. The topological polar surface area (TPSA) is 78.9 Å². The van der Waals surface area contributed by atoms with Gasteiger partial charge in [-0.2, -0.15) is 5.26 Å². The number of hydrogen-bond acceptors (Lipinski definition) is 3. The predicted molar refractivity (Wildman–Crippen MR) is 46.1 cm³/mol. The third-order valence-corrected chi connectivity index (χ3v) is 1.59. The number of nitriles is 1. The monoisotopic (exact) mass is 169 g/mol. The van der Waals surface area contributed by atoms with Crippen molar-refractivity contribution in [3.63, 3.8) is 0 Å². The van der Waals surface area contributed by atoms with Crippen molar-refractivity contribution in [1.29, 1.82) is 5.26 Å². The first-order valence-electron chi connectivity index (χ1n) is 4.04. The third-order valence-electron chi connectivity index (χ3n) is 1.59. The highest BCUT2D eigenvalue weighted by Crippen LogP contribution is 1.95. The van der Waals surface area contributed by atoms with Gasteiger partial charge < -0.3 is 11.1 Å². The number of hydrogen-bond donors (Lipinski definition) is 2. The third kappa shape index (κ3) is 3.94. The molecule has 0 aromatic carbocycles. The van der Waals surface area contributed by atoms with E-state index in [4.69, 9.17) is 11.0 Å². The summed E-state index contributed by atoms with van der Waals surface area (Å²) in [6.45, 7) is 3.54. The molecule has 4 heteroatoms. The van der Waals surface area contributed by atoms with E-state index in [1.54, 1.807) is 6.92 Å². The van der Waals surface area contributed by atoms with Gasteiger partial charge in [0.05, 0.1) is 18.5 Å². The summed E-state index contributed by atoms with van der Waals surface area (Å²) >= 11 is 0. The summed E-state index contributed by atoms with van der Waals surface area (Å²) in [5, 5.41) is 11.1. The largest absolute Gasteiger partial charge is 0.351 e. The molecule has 0 aliphatic heterocycles. The summed E-state index contributed by atoms with van der Waals surface area (Å²) in [7, 11) is 0. The second-order valence-electron chi connectivity index (χ2n) is 2.76. The van der Waals surface area contributed by atoms with Crippen LogP contribution in [0, 0.1) is 11.3 Å². The van der Waals surface area contributed by atoms with E-state index in [9.17, 15) is 4.79 Å². The van der Waals surface area contributed by atoms with E-state index in [-0.39, 0.29) is 11.9 Å². The molecule has 3 N–H and O–H groups in total. The van der Waals surface area contributed by atoms with Crippen molar-refractivity contribution in [1.82, 2.24) is 5.32 Å². The molecular formula is C8H15N3O. The molecule has 0 saturated heterocycles. The van der Waals surface area contributed by atoms with Crippen LogP contribution in [0.3, 0.4) is 0 Å². The van der Waals surface area contributed by atoms with E-state index in [2.05, 4.69) is 5.32 Å². The molecule has 0 heterocycles. The molecular weight excluding hydrogens is 154 g/mol. The van der Waals surface area contributed by atoms with Crippen molar-refractivity contribution in [3.05, 3.63) is 0 Å². The maximum Gasteiger partial charge on any atom is 0.236 e. The van der Waals surface area contributed by atoms with Gasteiger partial charge in [-0.1, -0.05) is 6.92 Å². The molecule has 0 fully saturated rings. The summed E-state index contributed by atoms with van der Waals surface area (Å²) in [6, 6.07) is 1.44. The molecule has 0 rings (SSSR count). The van der Waals surface area contributed by atoms with Crippen molar-refractivity contribution < 1.29 is 4.79 Å². The highest BCUT2D eigenvalue weighted by molar-refractivity contribution is 5.81. The van der Waals surface area contributed by atoms with E-state index in [1.807, 2.05) is 13.0 Å². The van der Waals surface area contributed by atoms with Gasteiger partial charge in [-0.3, -0.25) is 4.79 Å². The second-order valence-corrected chi connectivity index (χ2v) is 2.76. The Balaban J connectivity index is 3.87. The quantitative estimate of drug-likeness (QED) is 0.628. The summed E-state index contributed by atoms with van der Waals surface area (Å²) in [5.41, 5.74) is 5.34. The van der Waals surface area contributed by atoms with E-state index >= 15 is 0 Å². The molecule has 0 spiro atoms. The van der Waals surface area contributed by atoms with Crippen LogP contribution >= 0.6 is 0 Å². The molecule has 0 aliphatic carbocycles. The maximum atomic E-state index is 11.0. The molecule has 12 heavy (non-hydrogen) atoms. The van der Waals surface area contributed by atoms with Crippen LogP contribution in [0.25, 0.3) is 0 Å². The minimum absolute atomic E-state index is 0.0616. The number of nitrogens with two attached hydrogens (primary N) is 1. The smallest absolute Gasteiger partial charge is 0.236 e. The fraction of sp³-hybridized carbons (Fsp3) is 0.750. The van der Waals surface area contributed by atoms with Crippen LogP contribution in [0.4, 0.5) is 0 Å². The van der Waals surface area contributed by atoms with Gasteiger partial charge >= 0.3 is 0 Å². The molecule has 0 aromatic heterocycles. The Morgan fingerprint density at radius 3 is 2.67 bits per heavy atom. The van der Waals surface area contributed by atoms with Crippen molar-refractivity contribution in [3.8, 4) is 6.07 Å². The lowest BCUT2D eigenvalue weighted by Crippen LogP contribution is -2.43. The van der Waals surface area contributed by atoms with Crippen LogP contribution in [-0.4, -0.2) is 18.0 Å². The zero-order valence-corrected chi connectivity index (χ0v) is 7.50. The van der Waals surface area contributed by atoms with Crippen molar-refractivity contribution in [2.24, 2.45) is 5.73 Å². The first kappa shape index (κ1) is 10.9. The highest BCUT2D eigenvalue weighted by Gasteiger charge is 2.12. The lowest BCUT2D eigenvalue weighted by molar-refractivity contribution is -0.122. The highest BCUT2D eigenvalue weighted by atomic mass is 16.2. The molecule has 0 saturated carbocycles. The average molecular weight is 169 g/mol. The van der Waals surface area contributed by atoms with Gasteiger partial charge in [0.2, 0.25) is 5.91 Å². The first-order valence-corrected chi connectivity index (χ1v) is 4.04. The Morgan fingerprint density at radius 1 is 1.75 bits per heavy atom. The van der Waals surface area contributed by atoms with Crippen LogP contribution in [0.15, 0.2) is 0 Å². The fourth-order valence-electron chi connectivity index (χ4n) is 0.740. The standard InChI is InChI=1S/C8H15N3O/c1-3-7(4-5-9)11-8(12)6(2)10/h6-7H,3-4,10H2,1-2H3,(H,11,12)/t6-,7?/m0/s1. The zero-order valence-electron chi connectivity index (χ0n) is 7.50. The lowest BCUT2D eigenvalue weighted by atomic mass is 10.1. The summed E-state index contributed by atoms with van der Waals surface area (Å²) < 4.78 is 0. The second kappa shape index (κ2) is 5.56. The molecule has 0 aliphatic rings. The van der Waals surface area contributed by atoms with Gasteiger partial charge in [-0.05, 0) is 13.3 Å². The predicted octanol–water partition coefficient (Wildman–Crippen LogP) is 0.142. The number of rotatable bonds is 4. The Bertz CT molecular complexity index is 183. The number of amides is 1. The molecule has 0 radical (unpaired) electrons. The summed E-state index contributed by atoms with van der Waals surface area (Å²) in [6.07, 6.45) is 1.10. The Hall–Kier alpha value is -1.08. The lowest BCUT2D eigenvalue weighted by Gasteiger charge is -2.14. The van der Waals surface area contributed by atoms with Crippen molar-refractivity contribution in [2.75, 3.05) is 0 Å². The van der Waals surface area contributed by atoms with Crippen LogP contribution in [0.2, 0.25) is 0 Å². The van der Waals surface area contributed by atoms with Crippen LogP contribution < -0.4 is 11.1 Å². The number of nitrogens with zero attached hydrogens (tertiary/aromatic N) is 1. The Morgan fingerprint density at radius 2 is 2.33 bits per heavy atom. The molecule has 68 valence electrons. The van der Waals surface area contributed by atoms with E-state index in [0.29, 0.717) is 6.42 Å². The number of carbonyl (C=O) groups is 1. The normalized spacial score (nSPS) is 14.5. The van der Waals surface area contributed by atoms with Gasteiger partial charge in [0.25, 0.3) is 0 Å². The fourth-order valence-corrected chi connectivity index (χ4v) is 0.740. The van der Waals surface area contributed by atoms with Crippen molar-refractivity contribution in [2.45, 2.75) is 38.8 Å². The Kier molecular flexibility index (Phi) is 5.06. The van der Waals surface area contributed by atoms with E-state index in [0.717, 1.165) is 6.42 Å². The van der Waals surface area contributed by atoms with Crippen LogP contribution in [0.1, 0.15) is 26.7 Å². The van der Waals surface area contributed by atoms with Gasteiger partial charge in [0.15, 0.2) is 0 Å². The van der Waals surface area contributed by atoms with Crippen molar-refractivity contribution >= 4 is 5.91 Å². The molecule has 4 nitrogen and oxygen atoms in total. The van der Waals surface area contributed by atoms with Crippen LogP contribution in [-0.2, 0) is 4.79 Å². The van der Waals surface area contributed by atoms with E-state index in [1.165, 1.54) is 0 Å². The van der Waals surface area contributed by atoms with Gasteiger partial charge in [-0.15, -0.1) is 0 Å². The molecule has 2 atom stereocenters. The molecule has 0 bridgehead atoms. The molecule has 1 unspecified atom stereocenters. The number of carbonyl (C=O) groups excluding carboxylic acids is 1.